The fraction of sp³-hybridized carbons (Fsp3) is 0.727. The van der Waals surface area contributed by atoms with Crippen molar-refractivity contribution in [3.05, 3.63) is 29.3 Å². The molecule has 3 unspecified atom stereocenters. The van der Waals surface area contributed by atoms with Crippen LogP contribution in [-0.4, -0.2) is 16.3 Å². The van der Waals surface area contributed by atoms with Crippen LogP contribution in [0.1, 0.15) is 96.1 Å². The van der Waals surface area contributed by atoms with E-state index in [0.29, 0.717) is 11.7 Å². The molecule has 2 heteroatoms. The molecule has 1 aliphatic rings. The number of benzene rings is 1. The average molecular weight is 333 g/mol. The molecule has 24 heavy (non-hydrogen) atoms. The molecule has 0 saturated heterocycles. The van der Waals surface area contributed by atoms with Crippen molar-refractivity contribution in [2.75, 3.05) is 0 Å². The zero-order chi connectivity index (χ0) is 17.7. The van der Waals surface area contributed by atoms with Gasteiger partial charge in [-0.1, -0.05) is 65.5 Å². The van der Waals surface area contributed by atoms with Gasteiger partial charge in [0, 0.05) is 0 Å². The Morgan fingerprint density at radius 2 is 1.83 bits per heavy atom. The van der Waals surface area contributed by atoms with Gasteiger partial charge in [-0.2, -0.15) is 0 Å². The van der Waals surface area contributed by atoms with Gasteiger partial charge in [0.25, 0.3) is 0 Å². The third kappa shape index (κ3) is 4.99. The van der Waals surface area contributed by atoms with E-state index < -0.39 is 0 Å². The lowest BCUT2D eigenvalue weighted by Gasteiger charge is -2.32. The van der Waals surface area contributed by atoms with Crippen molar-refractivity contribution in [1.82, 2.24) is 0 Å². The number of aromatic hydroxyl groups is 1. The maximum absolute atomic E-state index is 10.6. The lowest BCUT2D eigenvalue weighted by Crippen LogP contribution is -2.24. The predicted molar refractivity (Wildman–Crippen MR) is 102 cm³/mol. The highest BCUT2D eigenvalue weighted by Crippen LogP contribution is 2.41. The first-order valence-corrected chi connectivity index (χ1v) is 9.85. The van der Waals surface area contributed by atoms with E-state index in [4.69, 9.17) is 0 Å². The fourth-order valence-electron chi connectivity index (χ4n) is 4.27. The molecule has 2 rings (SSSR count). The molecule has 0 spiro atoms. The molecule has 0 bridgehead atoms. The predicted octanol–water partition coefficient (Wildman–Crippen LogP) is 5.90. The Kier molecular flexibility index (Phi) is 6.74. The number of phenolic OH excluding ortho intramolecular Hbond substituents is 1. The summed E-state index contributed by atoms with van der Waals surface area (Å²) in [5.74, 6) is 1.22. The lowest BCUT2D eigenvalue weighted by atomic mass is 9.75. The molecule has 0 amide bonds. The molecule has 0 aliphatic heterocycles. The monoisotopic (exact) mass is 332 g/mol. The van der Waals surface area contributed by atoms with Crippen LogP contribution >= 0.6 is 0 Å². The molecule has 1 fully saturated rings. The molecule has 1 aromatic rings. The third-order valence-electron chi connectivity index (χ3n) is 5.82. The van der Waals surface area contributed by atoms with E-state index in [2.05, 4.69) is 39.8 Å². The fourth-order valence-corrected chi connectivity index (χ4v) is 4.27. The number of phenols is 1. The summed E-state index contributed by atoms with van der Waals surface area (Å²) in [7, 11) is 0. The van der Waals surface area contributed by atoms with Crippen molar-refractivity contribution < 1.29 is 10.2 Å². The van der Waals surface area contributed by atoms with Crippen LogP contribution in [0, 0.1) is 5.92 Å². The Bertz CT molecular complexity index is 511. The molecule has 0 heterocycles. The van der Waals surface area contributed by atoms with Crippen LogP contribution in [0.4, 0.5) is 0 Å². The van der Waals surface area contributed by atoms with Crippen molar-refractivity contribution in [2.45, 2.75) is 96.5 Å². The van der Waals surface area contributed by atoms with Gasteiger partial charge in [-0.05, 0) is 60.1 Å². The van der Waals surface area contributed by atoms with Gasteiger partial charge >= 0.3 is 0 Å². The SMILES string of the molecule is CCCCCCC(C)(C)c1ccc(C2CC(C)CC(O)C2)c(O)c1. The Balaban J connectivity index is 2.08. The molecule has 0 aromatic heterocycles. The van der Waals surface area contributed by atoms with Gasteiger partial charge in [0.2, 0.25) is 0 Å². The minimum Gasteiger partial charge on any atom is -0.508 e. The van der Waals surface area contributed by atoms with E-state index in [1.54, 1.807) is 0 Å². The Hall–Kier alpha value is -1.02. The molecular formula is C22H36O2. The van der Waals surface area contributed by atoms with Gasteiger partial charge in [0.1, 0.15) is 5.75 Å². The summed E-state index contributed by atoms with van der Waals surface area (Å²) in [6.07, 6.45) is 8.77. The standard InChI is InChI=1S/C22H36O2/c1-5-6-7-8-11-22(3,4)18-9-10-20(21(24)15-18)17-12-16(2)13-19(23)14-17/h9-10,15-17,19,23-24H,5-8,11-14H2,1-4H3. The largest absolute Gasteiger partial charge is 0.508 e. The minimum atomic E-state index is -0.229. The van der Waals surface area contributed by atoms with Crippen LogP contribution in [0.15, 0.2) is 18.2 Å². The number of rotatable bonds is 7. The summed E-state index contributed by atoms with van der Waals surface area (Å²) in [5.41, 5.74) is 2.35. The summed E-state index contributed by atoms with van der Waals surface area (Å²) in [6.45, 7) is 8.99. The van der Waals surface area contributed by atoms with E-state index in [9.17, 15) is 10.2 Å². The van der Waals surface area contributed by atoms with Crippen molar-refractivity contribution in [3.63, 3.8) is 0 Å². The van der Waals surface area contributed by atoms with Gasteiger partial charge in [-0.15, -0.1) is 0 Å². The summed E-state index contributed by atoms with van der Waals surface area (Å²) in [6, 6.07) is 6.27. The summed E-state index contributed by atoms with van der Waals surface area (Å²) >= 11 is 0. The minimum absolute atomic E-state index is 0.100. The van der Waals surface area contributed by atoms with E-state index in [1.165, 1.54) is 31.2 Å². The zero-order valence-corrected chi connectivity index (χ0v) is 16.0. The van der Waals surface area contributed by atoms with Crippen LogP contribution in [0.2, 0.25) is 0 Å². The summed E-state index contributed by atoms with van der Waals surface area (Å²) in [4.78, 5) is 0. The molecule has 1 aromatic carbocycles. The van der Waals surface area contributed by atoms with Gasteiger partial charge in [0.15, 0.2) is 0 Å². The quantitative estimate of drug-likeness (QED) is 0.610. The highest BCUT2D eigenvalue weighted by Gasteiger charge is 2.29. The second-order valence-electron chi connectivity index (χ2n) is 8.63. The topological polar surface area (TPSA) is 40.5 Å². The third-order valence-corrected chi connectivity index (χ3v) is 5.82. The molecular weight excluding hydrogens is 296 g/mol. The molecule has 2 nitrogen and oxygen atoms in total. The van der Waals surface area contributed by atoms with Crippen molar-refractivity contribution in [1.29, 1.82) is 0 Å². The van der Waals surface area contributed by atoms with Gasteiger partial charge in [-0.25, -0.2) is 0 Å². The van der Waals surface area contributed by atoms with Gasteiger partial charge in [0.05, 0.1) is 6.10 Å². The van der Waals surface area contributed by atoms with Crippen LogP contribution in [0.5, 0.6) is 5.75 Å². The van der Waals surface area contributed by atoms with Crippen LogP contribution in [0.3, 0.4) is 0 Å². The number of aliphatic hydroxyl groups is 1. The van der Waals surface area contributed by atoms with Crippen molar-refractivity contribution in [2.24, 2.45) is 5.92 Å². The summed E-state index contributed by atoms with van der Waals surface area (Å²) < 4.78 is 0. The van der Waals surface area contributed by atoms with E-state index in [1.807, 2.05) is 6.07 Å². The van der Waals surface area contributed by atoms with Gasteiger partial charge < -0.3 is 10.2 Å². The second kappa shape index (κ2) is 8.38. The number of aliphatic hydroxyl groups excluding tert-OH is 1. The average Bonchev–Trinajstić information content (AvgIpc) is 2.50. The van der Waals surface area contributed by atoms with Crippen LogP contribution < -0.4 is 0 Å². The number of hydrogen-bond acceptors (Lipinski definition) is 2. The molecule has 1 aliphatic carbocycles. The van der Waals surface area contributed by atoms with E-state index in [-0.39, 0.29) is 17.4 Å². The highest BCUT2D eigenvalue weighted by molar-refractivity contribution is 5.41. The Morgan fingerprint density at radius 1 is 1.08 bits per heavy atom. The molecule has 136 valence electrons. The van der Waals surface area contributed by atoms with Crippen LogP contribution in [0.25, 0.3) is 0 Å². The Morgan fingerprint density at radius 3 is 2.46 bits per heavy atom. The second-order valence-corrected chi connectivity index (χ2v) is 8.63. The highest BCUT2D eigenvalue weighted by atomic mass is 16.3. The van der Waals surface area contributed by atoms with E-state index in [0.717, 1.165) is 31.2 Å². The normalized spacial score (nSPS) is 25.0. The molecule has 0 radical (unpaired) electrons. The summed E-state index contributed by atoms with van der Waals surface area (Å²) in [5, 5.41) is 20.7. The van der Waals surface area contributed by atoms with Crippen molar-refractivity contribution in [3.8, 4) is 5.75 Å². The van der Waals surface area contributed by atoms with Crippen molar-refractivity contribution >= 4 is 0 Å². The Labute approximate surface area is 148 Å². The van der Waals surface area contributed by atoms with Crippen LogP contribution in [-0.2, 0) is 5.41 Å². The van der Waals surface area contributed by atoms with Gasteiger partial charge in [-0.3, -0.25) is 0 Å². The van der Waals surface area contributed by atoms with E-state index >= 15 is 0 Å². The number of hydrogen-bond donors (Lipinski definition) is 2. The smallest absolute Gasteiger partial charge is 0.119 e. The molecule has 2 N–H and O–H groups in total. The first kappa shape index (κ1) is 19.3. The molecule has 3 atom stereocenters. The first-order valence-electron chi connectivity index (χ1n) is 9.85. The maximum Gasteiger partial charge on any atom is 0.119 e. The first-order chi connectivity index (χ1) is 11.3. The maximum atomic E-state index is 10.6. The molecule has 1 saturated carbocycles. The number of unbranched alkanes of at least 4 members (excludes halogenated alkanes) is 3. The zero-order valence-electron chi connectivity index (χ0n) is 16.0. The lowest BCUT2D eigenvalue weighted by molar-refractivity contribution is 0.0940.